The third kappa shape index (κ3) is 2.93. The van der Waals surface area contributed by atoms with Crippen molar-refractivity contribution in [1.29, 1.82) is 0 Å². The number of morpholine rings is 1. The summed E-state index contributed by atoms with van der Waals surface area (Å²) in [6, 6.07) is 1.21. The standard InChI is InChI=1S/C12H17N3O4/c1-8-13-10(6-11(14-8)17-2)15-4-5-19-7-9(15)12(16)18-3/h6,9H,4-5,7H2,1-3H3. The van der Waals surface area contributed by atoms with E-state index in [4.69, 9.17) is 14.2 Å². The summed E-state index contributed by atoms with van der Waals surface area (Å²) in [5, 5.41) is 0. The first-order valence-electron chi connectivity index (χ1n) is 5.97. The average Bonchev–Trinajstić information content (AvgIpc) is 2.45. The zero-order valence-corrected chi connectivity index (χ0v) is 11.3. The molecule has 0 saturated carbocycles. The second-order valence-corrected chi connectivity index (χ2v) is 4.12. The molecule has 1 saturated heterocycles. The lowest BCUT2D eigenvalue weighted by molar-refractivity contribution is -0.144. The van der Waals surface area contributed by atoms with Gasteiger partial charge in [-0.2, -0.15) is 4.98 Å². The number of carbonyl (C=O) groups excluding carboxylic acids is 1. The zero-order chi connectivity index (χ0) is 13.8. The van der Waals surface area contributed by atoms with E-state index in [2.05, 4.69) is 9.97 Å². The molecule has 1 unspecified atom stereocenters. The van der Waals surface area contributed by atoms with Gasteiger partial charge in [0.1, 0.15) is 11.6 Å². The van der Waals surface area contributed by atoms with Crippen LogP contribution in [0.5, 0.6) is 5.88 Å². The molecule has 2 rings (SSSR count). The average molecular weight is 267 g/mol. The lowest BCUT2D eigenvalue weighted by Gasteiger charge is -2.34. The van der Waals surface area contributed by atoms with Crippen LogP contribution in [-0.2, 0) is 14.3 Å². The number of nitrogens with zero attached hydrogens (tertiary/aromatic N) is 3. The number of ether oxygens (including phenoxy) is 3. The van der Waals surface area contributed by atoms with Crippen LogP contribution in [0.25, 0.3) is 0 Å². The summed E-state index contributed by atoms with van der Waals surface area (Å²) in [6.07, 6.45) is 0. The summed E-state index contributed by atoms with van der Waals surface area (Å²) in [6.45, 7) is 3.18. The Hall–Kier alpha value is -1.89. The maximum absolute atomic E-state index is 11.8. The first-order chi connectivity index (χ1) is 9.15. The van der Waals surface area contributed by atoms with Crippen LogP contribution >= 0.6 is 0 Å². The highest BCUT2D eigenvalue weighted by molar-refractivity contribution is 5.80. The molecule has 0 spiro atoms. The molecular formula is C12H17N3O4. The van der Waals surface area contributed by atoms with Crippen molar-refractivity contribution in [3.63, 3.8) is 0 Å². The van der Waals surface area contributed by atoms with E-state index in [1.54, 1.807) is 20.1 Å². The first-order valence-corrected chi connectivity index (χ1v) is 5.97. The van der Waals surface area contributed by atoms with E-state index in [0.717, 1.165) is 0 Å². The van der Waals surface area contributed by atoms with Crippen LogP contribution < -0.4 is 9.64 Å². The number of esters is 1. The number of methoxy groups -OCH3 is 2. The van der Waals surface area contributed by atoms with Gasteiger partial charge in [-0.1, -0.05) is 0 Å². The van der Waals surface area contributed by atoms with E-state index in [0.29, 0.717) is 30.7 Å². The van der Waals surface area contributed by atoms with Crippen LogP contribution in [-0.4, -0.2) is 56.0 Å². The molecule has 0 aliphatic carbocycles. The second kappa shape index (κ2) is 5.83. The Morgan fingerprint density at radius 2 is 2.26 bits per heavy atom. The molecule has 0 bridgehead atoms. The van der Waals surface area contributed by atoms with Crippen molar-refractivity contribution in [3.05, 3.63) is 11.9 Å². The van der Waals surface area contributed by atoms with Crippen molar-refractivity contribution in [1.82, 2.24) is 9.97 Å². The van der Waals surface area contributed by atoms with Gasteiger partial charge in [-0.25, -0.2) is 9.78 Å². The van der Waals surface area contributed by atoms with Gasteiger partial charge in [-0.3, -0.25) is 0 Å². The Labute approximate surface area is 111 Å². The van der Waals surface area contributed by atoms with Crippen molar-refractivity contribution in [2.24, 2.45) is 0 Å². The van der Waals surface area contributed by atoms with Gasteiger partial charge in [0.2, 0.25) is 5.88 Å². The molecule has 104 valence electrons. The second-order valence-electron chi connectivity index (χ2n) is 4.12. The Bertz CT molecular complexity index is 466. The number of hydrogen-bond acceptors (Lipinski definition) is 7. The van der Waals surface area contributed by atoms with Crippen LogP contribution in [0.3, 0.4) is 0 Å². The Morgan fingerprint density at radius 1 is 1.47 bits per heavy atom. The molecule has 1 aliphatic heterocycles. The largest absolute Gasteiger partial charge is 0.481 e. The normalized spacial score (nSPS) is 19.1. The molecule has 1 aromatic rings. The summed E-state index contributed by atoms with van der Waals surface area (Å²) in [5.41, 5.74) is 0. The van der Waals surface area contributed by atoms with Gasteiger partial charge in [-0.05, 0) is 6.92 Å². The van der Waals surface area contributed by atoms with E-state index in [-0.39, 0.29) is 12.6 Å². The number of aryl methyl sites for hydroxylation is 1. The highest BCUT2D eigenvalue weighted by Crippen LogP contribution is 2.21. The topological polar surface area (TPSA) is 73.8 Å². The van der Waals surface area contributed by atoms with E-state index < -0.39 is 6.04 Å². The molecule has 0 aromatic carbocycles. The fourth-order valence-electron chi connectivity index (χ4n) is 1.99. The fraction of sp³-hybridized carbons (Fsp3) is 0.583. The van der Waals surface area contributed by atoms with E-state index in [1.165, 1.54) is 7.11 Å². The number of hydrogen-bond donors (Lipinski definition) is 0. The molecular weight excluding hydrogens is 250 g/mol. The van der Waals surface area contributed by atoms with Crippen molar-refractivity contribution in [2.75, 3.05) is 38.9 Å². The molecule has 19 heavy (non-hydrogen) atoms. The maximum Gasteiger partial charge on any atom is 0.330 e. The molecule has 7 nitrogen and oxygen atoms in total. The van der Waals surface area contributed by atoms with Gasteiger partial charge in [-0.15, -0.1) is 0 Å². The minimum Gasteiger partial charge on any atom is -0.481 e. The highest BCUT2D eigenvalue weighted by Gasteiger charge is 2.31. The van der Waals surface area contributed by atoms with Crippen LogP contribution in [0.1, 0.15) is 5.82 Å². The van der Waals surface area contributed by atoms with Crippen LogP contribution in [0.15, 0.2) is 6.07 Å². The molecule has 0 radical (unpaired) electrons. The molecule has 0 N–H and O–H groups in total. The van der Waals surface area contributed by atoms with Gasteiger partial charge >= 0.3 is 5.97 Å². The number of aromatic nitrogens is 2. The molecule has 1 atom stereocenters. The minimum absolute atomic E-state index is 0.290. The van der Waals surface area contributed by atoms with Crippen LogP contribution in [0.4, 0.5) is 5.82 Å². The van der Waals surface area contributed by atoms with Crippen molar-refractivity contribution in [3.8, 4) is 5.88 Å². The molecule has 1 aliphatic rings. The monoisotopic (exact) mass is 267 g/mol. The van der Waals surface area contributed by atoms with Crippen molar-refractivity contribution in [2.45, 2.75) is 13.0 Å². The van der Waals surface area contributed by atoms with Gasteiger partial charge in [0.15, 0.2) is 6.04 Å². The maximum atomic E-state index is 11.8. The minimum atomic E-state index is -0.488. The predicted octanol–water partition coefficient (Wildman–Crippen LogP) is 0.172. The third-order valence-electron chi connectivity index (χ3n) is 2.91. The Kier molecular flexibility index (Phi) is 4.16. The molecule has 1 aromatic heterocycles. The fourth-order valence-corrected chi connectivity index (χ4v) is 1.99. The van der Waals surface area contributed by atoms with Gasteiger partial charge < -0.3 is 19.1 Å². The molecule has 0 amide bonds. The summed E-state index contributed by atoms with van der Waals surface area (Å²) in [7, 11) is 2.91. The van der Waals surface area contributed by atoms with Crippen LogP contribution in [0.2, 0.25) is 0 Å². The zero-order valence-electron chi connectivity index (χ0n) is 11.3. The lowest BCUT2D eigenvalue weighted by atomic mass is 10.2. The Morgan fingerprint density at radius 3 is 2.95 bits per heavy atom. The first kappa shape index (κ1) is 13.5. The van der Waals surface area contributed by atoms with Gasteiger partial charge in [0, 0.05) is 12.6 Å². The van der Waals surface area contributed by atoms with Gasteiger partial charge in [0.25, 0.3) is 0 Å². The van der Waals surface area contributed by atoms with E-state index >= 15 is 0 Å². The lowest BCUT2D eigenvalue weighted by Crippen LogP contribution is -2.51. The van der Waals surface area contributed by atoms with Gasteiger partial charge in [0.05, 0.1) is 27.4 Å². The Balaban J connectivity index is 2.31. The summed E-state index contributed by atoms with van der Waals surface area (Å²) >= 11 is 0. The molecule has 2 heterocycles. The van der Waals surface area contributed by atoms with E-state index in [1.807, 2.05) is 4.90 Å². The summed E-state index contributed by atoms with van der Waals surface area (Å²) < 4.78 is 15.2. The number of anilines is 1. The predicted molar refractivity (Wildman–Crippen MR) is 67.3 cm³/mol. The third-order valence-corrected chi connectivity index (χ3v) is 2.91. The summed E-state index contributed by atoms with van der Waals surface area (Å²) in [4.78, 5) is 22.1. The molecule has 1 fully saturated rings. The van der Waals surface area contributed by atoms with E-state index in [9.17, 15) is 4.79 Å². The van der Waals surface area contributed by atoms with Crippen molar-refractivity contribution >= 4 is 11.8 Å². The van der Waals surface area contributed by atoms with Crippen molar-refractivity contribution < 1.29 is 19.0 Å². The van der Waals surface area contributed by atoms with Crippen LogP contribution in [0, 0.1) is 6.92 Å². The summed E-state index contributed by atoms with van der Waals surface area (Å²) in [5.74, 6) is 1.36. The highest BCUT2D eigenvalue weighted by atomic mass is 16.5. The quantitative estimate of drug-likeness (QED) is 0.723. The number of rotatable bonds is 3. The SMILES string of the molecule is COC(=O)C1COCCN1c1cc(OC)nc(C)n1. The molecule has 7 heteroatoms. The smallest absolute Gasteiger partial charge is 0.330 e. The number of carbonyl (C=O) groups is 1.